The average Bonchev–Trinajstić information content (AvgIpc) is 2.41. The van der Waals surface area contributed by atoms with Crippen LogP contribution in [0.4, 0.5) is 5.95 Å². The van der Waals surface area contributed by atoms with Crippen LogP contribution in [0.25, 0.3) is 0 Å². The Morgan fingerprint density at radius 2 is 1.95 bits per heavy atom. The molecule has 0 aliphatic carbocycles. The van der Waals surface area contributed by atoms with Gasteiger partial charge in [-0.05, 0) is 22.4 Å². The molecule has 2 heterocycles. The minimum absolute atomic E-state index is 0.211. The molecule has 1 atom stereocenters. The Hall–Kier alpha value is -0.790. The number of rotatable bonds is 4. The van der Waals surface area contributed by atoms with Gasteiger partial charge in [-0.15, -0.1) is 0 Å². The third-order valence-corrected chi connectivity index (χ3v) is 4.04. The SMILES string of the molecule is CCC(C(N)=S)N1CCN(c2ncc(Br)cn2)CC1. The number of thiocarbonyl (C=S) groups is 1. The van der Waals surface area contributed by atoms with Gasteiger partial charge in [0.25, 0.3) is 0 Å². The number of halogens is 1. The Morgan fingerprint density at radius 1 is 1.37 bits per heavy atom. The fourth-order valence-electron chi connectivity index (χ4n) is 2.34. The van der Waals surface area contributed by atoms with E-state index in [2.05, 4.69) is 42.6 Å². The molecular weight excluding hydrogens is 326 g/mol. The molecule has 0 spiro atoms. The standard InChI is InChI=1S/C12H18BrN5S/c1-2-10(11(14)19)17-3-5-18(6-4-17)12-15-7-9(13)8-16-12/h7-8,10H,2-6H2,1H3,(H2,14,19). The highest BCUT2D eigenvalue weighted by molar-refractivity contribution is 9.10. The molecule has 0 saturated carbocycles. The van der Waals surface area contributed by atoms with E-state index in [1.54, 1.807) is 12.4 Å². The van der Waals surface area contributed by atoms with Gasteiger partial charge in [-0.1, -0.05) is 19.1 Å². The molecule has 1 saturated heterocycles. The first-order valence-corrected chi connectivity index (χ1v) is 7.57. The Bertz CT molecular complexity index is 430. The third kappa shape index (κ3) is 3.61. The summed E-state index contributed by atoms with van der Waals surface area (Å²) in [6.45, 7) is 5.81. The summed E-state index contributed by atoms with van der Waals surface area (Å²) in [5.41, 5.74) is 5.79. The molecule has 0 aromatic carbocycles. The van der Waals surface area contributed by atoms with Gasteiger partial charge in [0.1, 0.15) is 0 Å². The third-order valence-electron chi connectivity index (χ3n) is 3.36. The first-order chi connectivity index (χ1) is 9.11. The highest BCUT2D eigenvalue weighted by atomic mass is 79.9. The van der Waals surface area contributed by atoms with Gasteiger partial charge >= 0.3 is 0 Å². The van der Waals surface area contributed by atoms with Crippen LogP contribution in [-0.4, -0.2) is 52.1 Å². The maximum absolute atomic E-state index is 5.79. The van der Waals surface area contributed by atoms with Crippen molar-refractivity contribution < 1.29 is 0 Å². The molecule has 0 radical (unpaired) electrons. The van der Waals surface area contributed by atoms with E-state index in [1.807, 2.05) is 0 Å². The molecule has 1 aliphatic heterocycles. The molecule has 1 unspecified atom stereocenters. The maximum atomic E-state index is 5.79. The molecular formula is C12H18BrN5S. The summed E-state index contributed by atoms with van der Waals surface area (Å²) in [5, 5.41) is 0. The van der Waals surface area contributed by atoms with Crippen molar-refractivity contribution in [1.82, 2.24) is 14.9 Å². The summed E-state index contributed by atoms with van der Waals surface area (Å²) in [6.07, 6.45) is 4.52. The van der Waals surface area contributed by atoms with E-state index in [1.165, 1.54) is 0 Å². The van der Waals surface area contributed by atoms with Crippen LogP contribution in [0, 0.1) is 0 Å². The van der Waals surface area contributed by atoms with Crippen molar-refractivity contribution >= 4 is 39.1 Å². The van der Waals surface area contributed by atoms with E-state index < -0.39 is 0 Å². The van der Waals surface area contributed by atoms with E-state index in [0.717, 1.165) is 43.0 Å². The van der Waals surface area contributed by atoms with Gasteiger partial charge in [-0.25, -0.2) is 9.97 Å². The fourth-order valence-corrected chi connectivity index (χ4v) is 2.86. The van der Waals surface area contributed by atoms with Crippen LogP contribution in [0.3, 0.4) is 0 Å². The van der Waals surface area contributed by atoms with Crippen LogP contribution in [0.1, 0.15) is 13.3 Å². The molecule has 1 aromatic heterocycles. The van der Waals surface area contributed by atoms with Crippen molar-refractivity contribution in [3.8, 4) is 0 Å². The Balaban J connectivity index is 1.95. The second-order valence-corrected chi connectivity index (χ2v) is 5.94. The molecule has 2 rings (SSSR count). The lowest BCUT2D eigenvalue weighted by Crippen LogP contribution is -2.53. The Morgan fingerprint density at radius 3 is 2.42 bits per heavy atom. The molecule has 104 valence electrons. The zero-order valence-corrected chi connectivity index (χ0v) is 13.3. The van der Waals surface area contributed by atoms with Gasteiger partial charge in [0.15, 0.2) is 0 Å². The number of nitrogens with two attached hydrogens (primary N) is 1. The summed E-state index contributed by atoms with van der Waals surface area (Å²) in [5.74, 6) is 0.784. The molecule has 1 aromatic rings. The second kappa shape index (κ2) is 6.58. The largest absolute Gasteiger partial charge is 0.392 e. The van der Waals surface area contributed by atoms with Crippen molar-refractivity contribution in [3.63, 3.8) is 0 Å². The van der Waals surface area contributed by atoms with Gasteiger partial charge in [0.2, 0.25) is 5.95 Å². The van der Waals surface area contributed by atoms with Crippen LogP contribution in [-0.2, 0) is 0 Å². The van der Waals surface area contributed by atoms with Crippen molar-refractivity contribution in [2.45, 2.75) is 19.4 Å². The Kier molecular flexibility index (Phi) is 5.06. The van der Waals surface area contributed by atoms with E-state index in [0.29, 0.717) is 4.99 Å². The normalized spacial score (nSPS) is 18.3. The smallest absolute Gasteiger partial charge is 0.225 e. The van der Waals surface area contributed by atoms with E-state index in [4.69, 9.17) is 18.0 Å². The molecule has 0 amide bonds. The van der Waals surface area contributed by atoms with E-state index in [-0.39, 0.29) is 6.04 Å². The van der Waals surface area contributed by atoms with Crippen LogP contribution in [0.5, 0.6) is 0 Å². The number of hydrogen-bond acceptors (Lipinski definition) is 5. The van der Waals surface area contributed by atoms with Crippen LogP contribution < -0.4 is 10.6 Å². The Labute approximate surface area is 127 Å². The van der Waals surface area contributed by atoms with Gasteiger partial charge < -0.3 is 10.6 Å². The zero-order valence-electron chi connectivity index (χ0n) is 10.9. The zero-order chi connectivity index (χ0) is 13.8. The lowest BCUT2D eigenvalue weighted by atomic mass is 10.1. The lowest BCUT2D eigenvalue weighted by molar-refractivity contribution is 0.223. The van der Waals surface area contributed by atoms with Crippen LogP contribution in [0.2, 0.25) is 0 Å². The minimum Gasteiger partial charge on any atom is -0.392 e. The van der Waals surface area contributed by atoms with Crippen molar-refractivity contribution in [1.29, 1.82) is 0 Å². The molecule has 0 bridgehead atoms. The number of nitrogens with zero attached hydrogens (tertiary/aromatic N) is 4. The maximum Gasteiger partial charge on any atom is 0.225 e. The highest BCUT2D eigenvalue weighted by Gasteiger charge is 2.25. The van der Waals surface area contributed by atoms with E-state index >= 15 is 0 Å². The predicted molar refractivity (Wildman–Crippen MR) is 84.4 cm³/mol. The summed E-state index contributed by atoms with van der Waals surface area (Å²) < 4.78 is 0.898. The van der Waals surface area contributed by atoms with Crippen LogP contribution >= 0.6 is 28.1 Å². The average molecular weight is 344 g/mol. The lowest BCUT2D eigenvalue weighted by Gasteiger charge is -2.38. The van der Waals surface area contributed by atoms with Crippen molar-refractivity contribution in [2.75, 3.05) is 31.1 Å². The molecule has 5 nitrogen and oxygen atoms in total. The minimum atomic E-state index is 0.211. The molecule has 7 heteroatoms. The summed E-state index contributed by atoms with van der Waals surface area (Å²) in [6, 6.07) is 0.211. The van der Waals surface area contributed by atoms with Crippen molar-refractivity contribution in [2.24, 2.45) is 5.73 Å². The fraction of sp³-hybridized carbons (Fsp3) is 0.583. The number of anilines is 1. The summed E-state index contributed by atoms with van der Waals surface area (Å²) >= 11 is 8.47. The van der Waals surface area contributed by atoms with Crippen molar-refractivity contribution in [3.05, 3.63) is 16.9 Å². The number of aromatic nitrogens is 2. The number of hydrogen-bond donors (Lipinski definition) is 1. The van der Waals surface area contributed by atoms with Gasteiger partial charge in [-0.2, -0.15) is 0 Å². The molecule has 2 N–H and O–H groups in total. The molecule has 1 aliphatic rings. The topological polar surface area (TPSA) is 58.3 Å². The summed E-state index contributed by atoms with van der Waals surface area (Å²) in [7, 11) is 0. The van der Waals surface area contributed by atoms with Gasteiger partial charge in [0, 0.05) is 38.6 Å². The quantitative estimate of drug-likeness (QED) is 0.834. The van der Waals surface area contributed by atoms with E-state index in [9.17, 15) is 0 Å². The monoisotopic (exact) mass is 343 g/mol. The molecule has 1 fully saturated rings. The number of piperazine rings is 1. The van der Waals surface area contributed by atoms with Gasteiger partial charge in [-0.3, -0.25) is 4.90 Å². The van der Waals surface area contributed by atoms with Crippen LogP contribution in [0.15, 0.2) is 16.9 Å². The highest BCUT2D eigenvalue weighted by Crippen LogP contribution is 2.15. The first kappa shape index (κ1) is 14.6. The predicted octanol–water partition coefficient (Wildman–Crippen LogP) is 1.43. The second-order valence-electron chi connectivity index (χ2n) is 4.55. The molecule has 19 heavy (non-hydrogen) atoms. The van der Waals surface area contributed by atoms with Gasteiger partial charge in [0.05, 0.1) is 15.5 Å². The first-order valence-electron chi connectivity index (χ1n) is 6.37. The summed E-state index contributed by atoms with van der Waals surface area (Å²) in [4.78, 5) is 13.8.